The maximum Gasteiger partial charge on any atom is 0.147 e. The minimum Gasteiger partial charge on any atom is -0.487 e. The number of nitrogen functional groups attached to an aromatic ring is 1. The minimum atomic E-state index is -0.529. The summed E-state index contributed by atoms with van der Waals surface area (Å²) < 4.78 is 32.7. The molecule has 0 amide bonds. The van der Waals surface area contributed by atoms with E-state index in [1.165, 1.54) is 24.3 Å². The van der Waals surface area contributed by atoms with Crippen LogP contribution in [-0.4, -0.2) is 6.61 Å². The van der Waals surface area contributed by atoms with Gasteiger partial charge in [0.25, 0.3) is 0 Å². The Morgan fingerprint density at radius 1 is 1.17 bits per heavy atom. The summed E-state index contributed by atoms with van der Waals surface area (Å²) in [5.41, 5.74) is 7.37. The van der Waals surface area contributed by atoms with Crippen molar-refractivity contribution in [3.8, 4) is 5.75 Å². The Bertz CT molecular complexity index is 672. The predicted molar refractivity (Wildman–Crippen MR) is 92.3 cm³/mol. The van der Waals surface area contributed by atoms with Crippen molar-refractivity contribution >= 4 is 17.1 Å². The fraction of sp³-hybridized carbons (Fsp3) is 0.222. The summed E-state index contributed by atoms with van der Waals surface area (Å²) >= 11 is 0. The van der Waals surface area contributed by atoms with E-state index in [4.69, 9.17) is 10.5 Å². The van der Waals surface area contributed by atoms with Gasteiger partial charge in [-0.25, -0.2) is 8.78 Å². The van der Waals surface area contributed by atoms with Crippen molar-refractivity contribution in [3.63, 3.8) is 0 Å². The molecule has 0 unspecified atom stereocenters. The summed E-state index contributed by atoms with van der Waals surface area (Å²) in [5, 5.41) is 2.78. The Balaban J connectivity index is 0.00000127. The molecule has 0 radical (unpaired) electrons. The highest BCUT2D eigenvalue weighted by Crippen LogP contribution is 2.33. The molecule has 0 aliphatic carbocycles. The first-order chi connectivity index (χ1) is 11.0. The van der Waals surface area contributed by atoms with Gasteiger partial charge in [0, 0.05) is 6.07 Å². The largest absolute Gasteiger partial charge is 0.487 e. The molecular weight excluding hydrogens is 298 g/mol. The summed E-state index contributed by atoms with van der Waals surface area (Å²) in [7, 11) is 0. The van der Waals surface area contributed by atoms with E-state index < -0.39 is 11.6 Å². The summed E-state index contributed by atoms with van der Waals surface area (Å²) in [6.45, 7) is 9.50. The van der Waals surface area contributed by atoms with E-state index >= 15 is 0 Å². The van der Waals surface area contributed by atoms with E-state index in [9.17, 15) is 8.78 Å². The van der Waals surface area contributed by atoms with Gasteiger partial charge in [0.05, 0.1) is 17.1 Å². The molecule has 3 nitrogen and oxygen atoms in total. The lowest BCUT2D eigenvalue weighted by molar-refractivity contribution is 0.363. The Kier molecular flexibility index (Phi) is 7.06. The van der Waals surface area contributed by atoms with E-state index in [0.29, 0.717) is 0 Å². The van der Waals surface area contributed by atoms with Crippen LogP contribution in [0.15, 0.2) is 43.0 Å². The normalized spacial score (nSPS) is 9.61. The number of halogens is 2. The molecule has 2 aromatic carbocycles. The summed E-state index contributed by atoms with van der Waals surface area (Å²) in [6.07, 6.45) is 1.52. The molecular formula is C18H22F2N2O. The predicted octanol–water partition coefficient (Wildman–Crippen LogP) is 5.19. The van der Waals surface area contributed by atoms with Gasteiger partial charge in [0.2, 0.25) is 0 Å². The third-order valence-electron chi connectivity index (χ3n) is 2.86. The van der Waals surface area contributed by atoms with Crippen LogP contribution in [0.25, 0.3) is 0 Å². The van der Waals surface area contributed by atoms with Crippen LogP contribution >= 0.6 is 0 Å². The topological polar surface area (TPSA) is 47.3 Å². The third kappa shape index (κ3) is 4.98. The maximum absolute atomic E-state index is 13.8. The highest BCUT2D eigenvalue weighted by molar-refractivity contribution is 5.77. The van der Waals surface area contributed by atoms with Crippen molar-refractivity contribution in [1.82, 2.24) is 0 Å². The monoisotopic (exact) mass is 320 g/mol. The zero-order chi connectivity index (χ0) is 17.4. The highest BCUT2D eigenvalue weighted by atomic mass is 19.1. The van der Waals surface area contributed by atoms with Crippen molar-refractivity contribution in [3.05, 3.63) is 60.2 Å². The van der Waals surface area contributed by atoms with Gasteiger partial charge >= 0.3 is 0 Å². The first-order valence-corrected chi connectivity index (χ1v) is 7.37. The maximum atomic E-state index is 13.8. The second kappa shape index (κ2) is 8.78. The molecule has 2 rings (SSSR count). The average molecular weight is 320 g/mol. The van der Waals surface area contributed by atoms with Crippen molar-refractivity contribution in [2.45, 2.75) is 20.8 Å². The number of hydrogen-bond donors (Lipinski definition) is 2. The molecule has 3 N–H and O–H groups in total. The lowest BCUT2D eigenvalue weighted by atomic mass is 10.2. The fourth-order valence-corrected chi connectivity index (χ4v) is 1.83. The molecule has 2 aromatic rings. The van der Waals surface area contributed by atoms with Crippen LogP contribution in [-0.2, 0) is 0 Å². The fourth-order valence-electron chi connectivity index (χ4n) is 1.83. The molecule has 0 bridgehead atoms. The summed E-state index contributed by atoms with van der Waals surface area (Å²) in [5.74, 6) is -0.782. The first kappa shape index (κ1) is 18.5. The van der Waals surface area contributed by atoms with E-state index in [-0.39, 0.29) is 29.4 Å². The number of rotatable bonds is 5. The molecule has 0 fully saturated rings. The molecule has 0 aliphatic heterocycles. The minimum absolute atomic E-state index is 0.185. The van der Waals surface area contributed by atoms with Crippen molar-refractivity contribution in [1.29, 1.82) is 0 Å². The first-order valence-electron chi connectivity index (χ1n) is 7.37. The van der Waals surface area contributed by atoms with Gasteiger partial charge in [-0.3, -0.25) is 0 Å². The van der Waals surface area contributed by atoms with E-state index in [1.807, 2.05) is 13.8 Å². The Morgan fingerprint density at radius 2 is 1.87 bits per heavy atom. The SMILES string of the molecule is C=CCOc1cc(F)cc(Nc2ccc(C)cc2F)c1N.CC. The zero-order valence-electron chi connectivity index (χ0n) is 13.6. The Hall–Kier alpha value is -2.56. The van der Waals surface area contributed by atoms with Crippen LogP contribution < -0.4 is 15.8 Å². The lowest BCUT2D eigenvalue weighted by Gasteiger charge is -2.14. The van der Waals surface area contributed by atoms with Crippen LogP contribution in [0.5, 0.6) is 5.75 Å². The molecule has 0 spiro atoms. The van der Waals surface area contributed by atoms with Gasteiger partial charge in [-0.15, -0.1) is 0 Å². The van der Waals surface area contributed by atoms with Crippen molar-refractivity contribution in [2.24, 2.45) is 0 Å². The number of ether oxygens (including phenoxy) is 1. The molecule has 0 aromatic heterocycles. The molecule has 0 aliphatic rings. The quantitative estimate of drug-likeness (QED) is 0.589. The van der Waals surface area contributed by atoms with Crippen LogP contribution in [0.3, 0.4) is 0 Å². The Morgan fingerprint density at radius 3 is 2.48 bits per heavy atom. The third-order valence-corrected chi connectivity index (χ3v) is 2.86. The van der Waals surface area contributed by atoms with Gasteiger partial charge in [0.1, 0.15) is 24.0 Å². The number of nitrogens with one attached hydrogen (secondary N) is 1. The second-order valence-corrected chi connectivity index (χ2v) is 4.57. The number of benzene rings is 2. The summed E-state index contributed by atoms with van der Waals surface area (Å²) in [6, 6.07) is 7.06. The smallest absolute Gasteiger partial charge is 0.147 e. The molecule has 23 heavy (non-hydrogen) atoms. The second-order valence-electron chi connectivity index (χ2n) is 4.57. The van der Waals surface area contributed by atoms with E-state index in [2.05, 4.69) is 11.9 Å². The molecule has 0 saturated heterocycles. The van der Waals surface area contributed by atoms with Gasteiger partial charge in [-0.2, -0.15) is 0 Å². The summed E-state index contributed by atoms with van der Waals surface area (Å²) in [4.78, 5) is 0. The van der Waals surface area contributed by atoms with E-state index in [1.54, 1.807) is 19.1 Å². The zero-order valence-corrected chi connectivity index (χ0v) is 13.6. The molecule has 124 valence electrons. The van der Waals surface area contributed by atoms with Crippen LogP contribution in [0.2, 0.25) is 0 Å². The number of aryl methyl sites for hydroxylation is 1. The number of hydrogen-bond acceptors (Lipinski definition) is 3. The van der Waals surface area contributed by atoms with Gasteiger partial charge in [-0.05, 0) is 30.7 Å². The Labute approximate surface area is 135 Å². The standard InChI is InChI=1S/C16H16F2N2O.C2H6/c1-3-6-21-15-9-11(17)8-14(16(15)19)20-13-5-4-10(2)7-12(13)18;1-2/h3-5,7-9,20H,1,6,19H2,2H3;1-2H3. The van der Waals surface area contributed by atoms with E-state index in [0.717, 1.165) is 5.56 Å². The number of nitrogens with two attached hydrogens (primary N) is 1. The van der Waals surface area contributed by atoms with Crippen molar-refractivity contribution in [2.75, 3.05) is 17.7 Å². The molecule has 5 heteroatoms. The van der Waals surface area contributed by atoms with Crippen LogP contribution in [0.4, 0.5) is 25.8 Å². The number of anilines is 3. The lowest BCUT2D eigenvalue weighted by Crippen LogP contribution is -2.03. The van der Waals surface area contributed by atoms with Crippen molar-refractivity contribution < 1.29 is 13.5 Å². The van der Waals surface area contributed by atoms with Gasteiger partial charge in [-0.1, -0.05) is 32.6 Å². The van der Waals surface area contributed by atoms with Gasteiger partial charge in [0.15, 0.2) is 0 Å². The van der Waals surface area contributed by atoms with Gasteiger partial charge < -0.3 is 15.8 Å². The molecule has 0 atom stereocenters. The van der Waals surface area contributed by atoms with Crippen LogP contribution in [0.1, 0.15) is 19.4 Å². The van der Waals surface area contributed by atoms with Crippen LogP contribution in [0, 0.1) is 18.6 Å². The highest BCUT2D eigenvalue weighted by Gasteiger charge is 2.11. The molecule has 0 saturated carbocycles. The average Bonchev–Trinajstić information content (AvgIpc) is 2.53. The molecule has 0 heterocycles.